The van der Waals surface area contributed by atoms with Crippen LogP contribution in [0.3, 0.4) is 0 Å². The number of alkyl halides is 1. The zero-order chi connectivity index (χ0) is 9.72. The number of hydrogen-bond donors (Lipinski definition) is 0. The Morgan fingerprint density at radius 3 is 1.92 bits per heavy atom. The number of nitrogens with zero attached hydrogens (tertiary/aromatic N) is 2. The summed E-state index contributed by atoms with van der Waals surface area (Å²) >= 11 is 3.03. The molecular weight excluding hydrogens is 224 g/mol. The molecular formula is C7H13BrN2O2. The maximum atomic E-state index is 11.1. The van der Waals surface area contributed by atoms with Crippen LogP contribution in [0.1, 0.15) is 13.3 Å². The Hall–Kier alpha value is -0.580. The molecule has 4 nitrogen and oxygen atoms in total. The van der Waals surface area contributed by atoms with Crippen LogP contribution in [0.5, 0.6) is 0 Å². The lowest BCUT2D eigenvalue weighted by molar-refractivity contribution is -0.155. The summed E-state index contributed by atoms with van der Waals surface area (Å²) in [5.74, 6) is -0.217. The van der Waals surface area contributed by atoms with Gasteiger partial charge in [0.2, 0.25) is 5.91 Å². The summed E-state index contributed by atoms with van der Waals surface area (Å²) < 4.78 is 0. The molecule has 12 heavy (non-hydrogen) atoms. The van der Waals surface area contributed by atoms with Crippen molar-refractivity contribution in [1.82, 2.24) is 10.0 Å². The van der Waals surface area contributed by atoms with E-state index in [2.05, 4.69) is 15.9 Å². The van der Waals surface area contributed by atoms with Crippen molar-refractivity contribution in [1.29, 1.82) is 0 Å². The first-order valence-corrected chi connectivity index (χ1v) is 4.75. The molecule has 0 radical (unpaired) electrons. The van der Waals surface area contributed by atoms with Crippen molar-refractivity contribution < 1.29 is 9.59 Å². The molecule has 0 heterocycles. The van der Waals surface area contributed by atoms with Crippen LogP contribution in [0.25, 0.3) is 0 Å². The lowest BCUT2D eigenvalue weighted by Crippen LogP contribution is -2.45. The summed E-state index contributed by atoms with van der Waals surface area (Å²) in [6, 6.07) is 0. The van der Waals surface area contributed by atoms with Crippen molar-refractivity contribution in [3.8, 4) is 0 Å². The minimum atomic E-state index is -0.140. The first kappa shape index (κ1) is 11.4. The first-order chi connectivity index (χ1) is 5.54. The number of hydrogen-bond acceptors (Lipinski definition) is 2. The van der Waals surface area contributed by atoms with Gasteiger partial charge in [-0.05, 0) is 0 Å². The predicted octanol–water partition coefficient (Wildman–Crippen LogP) is 0.623. The van der Waals surface area contributed by atoms with Crippen LogP contribution in [0, 0.1) is 0 Å². The molecule has 2 amide bonds. The quantitative estimate of drug-likeness (QED) is 0.522. The Bertz CT molecular complexity index is 164. The summed E-state index contributed by atoms with van der Waals surface area (Å²) in [5.41, 5.74) is 0. The molecule has 0 saturated heterocycles. The Morgan fingerprint density at radius 2 is 1.58 bits per heavy atom. The van der Waals surface area contributed by atoms with Crippen LogP contribution >= 0.6 is 15.9 Å². The molecule has 0 fully saturated rings. The molecule has 0 N–H and O–H groups in total. The third-order valence-electron chi connectivity index (χ3n) is 1.59. The highest BCUT2D eigenvalue weighted by atomic mass is 79.9. The fourth-order valence-corrected chi connectivity index (χ4v) is 1.01. The second kappa shape index (κ2) is 5.13. The number of carbonyl (C=O) groups is 2. The van der Waals surface area contributed by atoms with Gasteiger partial charge < -0.3 is 0 Å². The number of amides is 2. The highest BCUT2D eigenvalue weighted by molar-refractivity contribution is 9.09. The number of rotatable bonds is 2. The fraction of sp³-hybridized carbons (Fsp3) is 0.714. The van der Waals surface area contributed by atoms with Gasteiger partial charge in [-0.25, -0.2) is 0 Å². The van der Waals surface area contributed by atoms with E-state index in [9.17, 15) is 9.59 Å². The summed E-state index contributed by atoms with van der Waals surface area (Å²) in [6.45, 7) is 1.76. The van der Waals surface area contributed by atoms with E-state index in [-0.39, 0.29) is 17.1 Å². The summed E-state index contributed by atoms with van der Waals surface area (Å²) in [7, 11) is 3.14. The van der Waals surface area contributed by atoms with Gasteiger partial charge in [0.1, 0.15) is 0 Å². The van der Waals surface area contributed by atoms with Crippen molar-refractivity contribution in [2.75, 3.05) is 19.4 Å². The van der Waals surface area contributed by atoms with Crippen LogP contribution < -0.4 is 0 Å². The highest BCUT2D eigenvalue weighted by Gasteiger charge is 2.15. The maximum absolute atomic E-state index is 11.1. The molecule has 0 aliphatic rings. The smallest absolute Gasteiger partial charge is 0.251 e. The largest absolute Gasteiger partial charge is 0.273 e. The van der Waals surface area contributed by atoms with Gasteiger partial charge in [0, 0.05) is 20.5 Å². The number of hydrazine groups is 1. The predicted molar refractivity (Wildman–Crippen MR) is 49.6 cm³/mol. The Kier molecular flexibility index (Phi) is 4.89. The van der Waals surface area contributed by atoms with Crippen molar-refractivity contribution in [2.24, 2.45) is 0 Å². The van der Waals surface area contributed by atoms with Crippen LogP contribution in [-0.4, -0.2) is 41.3 Å². The van der Waals surface area contributed by atoms with E-state index < -0.39 is 0 Å². The van der Waals surface area contributed by atoms with Crippen molar-refractivity contribution >= 4 is 27.7 Å². The zero-order valence-corrected chi connectivity index (χ0v) is 9.09. The van der Waals surface area contributed by atoms with Gasteiger partial charge in [-0.2, -0.15) is 0 Å². The Balaban J connectivity index is 4.18. The summed E-state index contributed by atoms with van der Waals surface area (Å²) in [6.07, 6.45) is 0.399. The van der Waals surface area contributed by atoms with Gasteiger partial charge in [-0.15, -0.1) is 0 Å². The standard InChI is InChI=1S/C7H13BrN2O2/c1-4-6(11)9(2)10(3)7(12)5-8/h4-5H2,1-3H3. The van der Waals surface area contributed by atoms with E-state index >= 15 is 0 Å². The third-order valence-corrected chi connectivity index (χ3v) is 2.07. The molecule has 0 aliphatic heterocycles. The summed E-state index contributed by atoms with van der Waals surface area (Å²) in [4.78, 5) is 22.1. The van der Waals surface area contributed by atoms with Crippen LogP contribution in [-0.2, 0) is 9.59 Å². The third kappa shape index (κ3) is 2.81. The van der Waals surface area contributed by atoms with Gasteiger partial charge in [0.05, 0.1) is 5.33 Å². The number of carbonyl (C=O) groups excluding carboxylic acids is 2. The van der Waals surface area contributed by atoms with E-state index in [1.54, 1.807) is 21.0 Å². The van der Waals surface area contributed by atoms with E-state index in [0.29, 0.717) is 6.42 Å². The maximum Gasteiger partial charge on any atom is 0.251 e. The molecule has 0 saturated carbocycles. The molecule has 0 unspecified atom stereocenters. The van der Waals surface area contributed by atoms with E-state index in [1.165, 1.54) is 10.0 Å². The highest BCUT2D eigenvalue weighted by Crippen LogP contribution is 1.97. The van der Waals surface area contributed by atoms with Crippen molar-refractivity contribution in [2.45, 2.75) is 13.3 Å². The lowest BCUT2D eigenvalue weighted by atomic mass is 10.4. The molecule has 5 heteroatoms. The lowest BCUT2D eigenvalue weighted by Gasteiger charge is -2.27. The van der Waals surface area contributed by atoms with Gasteiger partial charge in [0.25, 0.3) is 5.91 Å². The zero-order valence-electron chi connectivity index (χ0n) is 7.50. The van der Waals surface area contributed by atoms with Crippen LogP contribution in [0.2, 0.25) is 0 Å². The van der Waals surface area contributed by atoms with Gasteiger partial charge >= 0.3 is 0 Å². The molecule has 0 aromatic carbocycles. The minimum absolute atomic E-state index is 0.0770. The van der Waals surface area contributed by atoms with Crippen LogP contribution in [0.15, 0.2) is 0 Å². The average molecular weight is 237 g/mol. The fourth-order valence-electron chi connectivity index (χ4n) is 0.650. The second-order valence-electron chi connectivity index (χ2n) is 2.32. The monoisotopic (exact) mass is 236 g/mol. The average Bonchev–Trinajstić information content (AvgIpc) is 2.12. The number of halogens is 1. The molecule has 0 aromatic rings. The molecule has 0 bridgehead atoms. The van der Waals surface area contributed by atoms with Gasteiger partial charge in [-0.3, -0.25) is 19.6 Å². The first-order valence-electron chi connectivity index (χ1n) is 3.63. The Morgan fingerprint density at radius 1 is 1.17 bits per heavy atom. The normalized spacial score (nSPS) is 9.33. The molecule has 0 spiro atoms. The molecule has 70 valence electrons. The van der Waals surface area contributed by atoms with Crippen molar-refractivity contribution in [3.05, 3.63) is 0 Å². The van der Waals surface area contributed by atoms with Gasteiger partial charge in [0.15, 0.2) is 0 Å². The molecule has 0 rings (SSSR count). The van der Waals surface area contributed by atoms with Crippen LogP contribution in [0.4, 0.5) is 0 Å². The second-order valence-corrected chi connectivity index (χ2v) is 2.88. The SMILES string of the molecule is CCC(=O)N(C)N(C)C(=O)CBr. The van der Waals surface area contributed by atoms with E-state index in [1.807, 2.05) is 0 Å². The van der Waals surface area contributed by atoms with E-state index in [0.717, 1.165) is 0 Å². The Labute approximate surface area is 80.6 Å². The summed E-state index contributed by atoms with van der Waals surface area (Å²) in [5, 5.41) is 2.83. The van der Waals surface area contributed by atoms with Gasteiger partial charge in [-0.1, -0.05) is 22.9 Å². The van der Waals surface area contributed by atoms with Crippen molar-refractivity contribution in [3.63, 3.8) is 0 Å². The van der Waals surface area contributed by atoms with E-state index in [4.69, 9.17) is 0 Å². The molecule has 0 aromatic heterocycles. The molecule has 0 aliphatic carbocycles. The topological polar surface area (TPSA) is 40.6 Å². The minimum Gasteiger partial charge on any atom is -0.273 e. The molecule has 0 atom stereocenters.